The second kappa shape index (κ2) is 13.4. The van der Waals surface area contributed by atoms with Crippen molar-refractivity contribution in [1.29, 1.82) is 0 Å². The van der Waals surface area contributed by atoms with E-state index >= 15 is 0 Å². The monoisotopic (exact) mass is 605 g/mol. The first-order valence-electron chi connectivity index (χ1n) is 15.8. The summed E-state index contributed by atoms with van der Waals surface area (Å²) >= 11 is 6.18. The first-order valence-corrected chi connectivity index (χ1v) is 16.2. The van der Waals surface area contributed by atoms with Crippen LogP contribution in [0.1, 0.15) is 79.2 Å². The number of halogens is 1. The minimum Gasteiger partial charge on any atom is -0.345 e. The number of rotatable bonds is 8. The van der Waals surface area contributed by atoms with Gasteiger partial charge in [-0.2, -0.15) is 0 Å². The third-order valence-electron chi connectivity index (χ3n) is 9.20. The van der Waals surface area contributed by atoms with Crippen LogP contribution in [0.25, 0.3) is 0 Å². The molecule has 44 heavy (non-hydrogen) atoms. The topological polar surface area (TPSA) is 61.4 Å². The molecule has 3 aliphatic rings. The summed E-state index contributed by atoms with van der Waals surface area (Å²) in [6.07, 6.45) is 8.63. The fraction of sp³-hybridized carbons (Fsp3) is 0.368. The highest BCUT2D eigenvalue weighted by molar-refractivity contribution is 6.30. The lowest BCUT2D eigenvalue weighted by molar-refractivity contribution is -0.128. The Kier molecular flexibility index (Phi) is 9.21. The maximum atomic E-state index is 13.7. The highest BCUT2D eigenvalue weighted by atomic mass is 35.5. The first kappa shape index (κ1) is 30.2. The van der Waals surface area contributed by atoms with Gasteiger partial charge < -0.3 is 10.2 Å². The molecule has 0 bridgehead atoms. The third kappa shape index (κ3) is 7.26. The molecule has 1 aliphatic carbocycles. The van der Waals surface area contributed by atoms with Gasteiger partial charge in [-0.05, 0) is 91.8 Å². The van der Waals surface area contributed by atoms with E-state index in [-0.39, 0.29) is 11.8 Å². The molecule has 1 saturated carbocycles. The predicted molar refractivity (Wildman–Crippen MR) is 176 cm³/mol. The Labute approximate surface area is 266 Å². The van der Waals surface area contributed by atoms with Crippen LogP contribution < -0.4 is 10.6 Å². The zero-order chi connectivity index (χ0) is 30.5. The van der Waals surface area contributed by atoms with Crippen molar-refractivity contribution in [3.63, 3.8) is 0 Å². The quantitative estimate of drug-likeness (QED) is 0.222. The number of carbonyl (C=O) groups excluding carboxylic acids is 2. The lowest BCUT2D eigenvalue weighted by Gasteiger charge is -2.33. The summed E-state index contributed by atoms with van der Waals surface area (Å²) in [4.78, 5) is 28.0. The van der Waals surface area contributed by atoms with Gasteiger partial charge >= 0.3 is 0 Å². The van der Waals surface area contributed by atoms with Crippen molar-refractivity contribution in [2.45, 2.75) is 82.5 Å². The van der Waals surface area contributed by atoms with Crippen molar-refractivity contribution in [3.05, 3.63) is 117 Å². The van der Waals surface area contributed by atoms with Crippen LogP contribution in [-0.2, 0) is 29.1 Å². The van der Waals surface area contributed by atoms with E-state index in [2.05, 4.69) is 59.7 Å². The van der Waals surface area contributed by atoms with Gasteiger partial charge in [-0.25, -0.2) is 0 Å². The second-order valence-corrected chi connectivity index (χ2v) is 13.1. The summed E-state index contributed by atoms with van der Waals surface area (Å²) < 4.78 is 0. The molecular weight excluding hydrogens is 566 g/mol. The van der Waals surface area contributed by atoms with Gasteiger partial charge in [0.25, 0.3) is 0 Å². The number of likely N-dealkylation sites (tertiary alicyclic amines) is 1. The van der Waals surface area contributed by atoms with Crippen LogP contribution in [0.5, 0.6) is 0 Å². The van der Waals surface area contributed by atoms with Gasteiger partial charge in [0.2, 0.25) is 11.8 Å². The number of benzene rings is 3. The first-order chi connectivity index (χ1) is 21.3. The molecule has 0 spiro atoms. The molecule has 2 N–H and O–H groups in total. The van der Waals surface area contributed by atoms with Gasteiger partial charge in [0, 0.05) is 36.6 Å². The van der Waals surface area contributed by atoms with Crippen LogP contribution in [0, 0.1) is 11.8 Å². The van der Waals surface area contributed by atoms with Crippen molar-refractivity contribution in [3.8, 4) is 11.8 Å². The van der Waals surface area contributed by atoms with Gasteiger partial charge in [-0.15, -0.1) is 0 Å². The summed E-state index contributed by atoms with van der Waals surface area (Å²) in [6.45, 7) is 4.26. The number of fused-ring (bicyclic) bond motifs is 1. The zero-order valence-corrected chi connectivity index (χ0v) is 26.1. The van der Waals surface area contributed by atoms with Crippen LogP contribution in [0.15, 0.2) is 84.4 Å². The number of hydrogen-bond acceptors (Lipinski definition) is 3. The zero-order valence-electron chi connectivity index (χ0n) is 25.4. The normalized spacial score (nSPS) is 21.0. The Hall–Kier alpha value is -3.85. The van der Waals surface area contributed by atoms with Crippen molar-refractivity contribution in [2.24, 2.45) is 0 Å². The van der Waals surface area contributed by atoms with Crippen LogP contribution in [0.4, 0.5) is 0 Å². The smallest absolute Gasteiger partial charge is 0.250 e. The minimum atomic E-state index is -0.597. The predicted octanol–water partition coefficient (Wildman–Crippen LogP) is 6.69. The molecule has 2 aliphatic heterocycles. The number of carbonyl (C=O) groups is 2. The Bertz CT molecular complexity index is 1610. The number of nitrogens with one attached hydrogen (secondary N) is 2. The van der Waals surface area contributed by atoms with E-state index in [1.807, 2.05) is 53.4 Å². The Balaban J connectivity index is 1.18. The molecule has 5 nitrogen and oxygen atoms in total. The molecule has 1 unspecified atom stereocenters. The van der Waals surface area contributed by atoms with Gasteiger partial charge in [0.05, 0.1) is 5.54 Å². The molecular formula is C38H40ClN3O2. The molecule has 0 aromatic heterocycles. The van der Waals surface area contributed by atoms with Crippen LogP contribution in [0.3, 0.4) is 0 Å². The van der Waals surface area contributed by atoms with E-state index < -0.39 is 11.6 Å². The molecule has 226 valence electrons. The van der Waals surface area contributed by atoms with E-state index in [1.54, 1.807) is 0 Å². The Morgan fingerprint density at radius 3 is 2.57 bits per heavy atom. The fourth-order valence-corrected chi connectivity index (χ4v) is 7.05. The molecule has 3 aromatic rings. The molecule has 2 fully saturated rings. The van der Waals surface area contributed by atoms with Gasteiger partial charge in [0.1, 0.15) is 6.04 Å². The van der Waals surface area contributed by atoms with Crippen LogP contribution in [-0.4, -0.2) is 34.8 Å². The van der Waals surface area contributed by atoms with E-state index in [0.29, 0.717) is 36.9 Å². The van der Waals surface area contributed by atoms with Crippen molar-refractivity contribution < 1.29 is 9.59 Å². The molecule has 1 saturated heterocycles. The minimum absolute atomic E-state index is 0.113. The number of hydrogen-bond donors (Lipinski definition) is 2. The van der Waals surface area contributed by atoms with Gasteiger partial charge in [-0.3, -0.25) is 14.9 Å². The molecule has 6 rings (SSSR count). The highest BCUT2D eigenvalue weighted by Crippen LogP contribution is 2.38. The lowest BCUT2D eigenvalue weighted by Crippen LogP contribution is -2.53. The van der Waals surface area contributed by atoms with E-state index in [9.17, 15) is 9.59 Å². The van der Waals surface area contributed by atoms with Gasteiger partial charge in [0.15, 0.2) is 0 Å². The standard InChI is InChI=1S/C38H40ClN3O2/c1-38(24-28-14-19-33(39)20-15-28,41-37(44)35-21-18-29-7-2-3-8-31(29)25-40-35)23-27-12-16-30(17-13-27)34-10-5-4-9-32(34)26-42-22-6-11-36(42)43/h2-5,7-10,14-15,19-20,23,30,35,40H,6,11-13,16-17,22,24-26H2,1H3,(H,41,44)/t30?,35-,38?/m1/s1. The average Bonchev–Trinajstić information content (AvgIpc) is 3.29. The SMILES string of the molecule is CC(C=C1CCC(c2ccccc2CN2CCCC2=O)CC1)(Cc1ccc(Cl)cc1)NC(=O)[C@H]1C#Cc2ccccc2CN1. The van der Waals surface area contributed by atoms with E-state index in [1.165, 1.54) is 16.7 Å². The summed E-state index contributed by atoms with van der Waals surface area (Å²) in [6, 6.07) is 23.9. The maximum absolute atomic E-state index is 13.7. The molecule has 0 radical (unpaired) electrons. The van der Waals surface area contributed by atoms with E-state index in [0.717, 1.165) is 55.3 Å². The lowest BCUT2D eigenvalue weighted by atomic mass is 9.78. The number of nitrogens with zero attached hydrogens (tertiary/aromatic N) is 1. The number of allylic oxidation sites excluding steroid dienone is 1. The summed E-state index contributed by atoms with van der Waals surface area (Å²) in [7, 11) is 0. The van der Waals surface area contributed by atoms with Gasteiger partial charge in [-0.1, -0.05) is 89.7 Å². The second-order valence-electron chi connectivity index (χ2n) is 12.6. The van der Waals surface area contributed by atoms with Crippen LogP contribution >= 0.6 is 11.6 Å². The fourth-order valence-electron chi connectivity index (χ4n) is 6.93. The molecule has 6 heteroatoms. The highest BCUT2D eigenvalue weighted by Gasteiger charge is 2.31. The number of amides is 2. The van der Waals surface area contributed by atoms with Crippen molar-refractivity contribution in [1.82, 2.24) is 15.5 Å². The summed E-state index contributed by atoms with van der Waals surface area (Å²) in [5.74, 6) is 6.98. The van der Waals surface area contributed by atoms with Crippen molar-refractivity contribution >= 4 is 23.4 Å². The molecule has 2 amide bonds. The molecule has 2 atom stereocenters. The van der Waals surface area contributed by atoms with Crippen molar-refractivity contribution in [2.75, 3.05) is 6.54 Å². The third-order valence-corrected chi connectivity index (χ3v) is 9.45. The Morgan fingerprint density at radius 1 is 1.05 bits per heavy atom. The summed E-state index contributed by atoms with van der Waals surface area (Å²) in [5, 5.41) is 7.42. The average molecular weight is 606 g/mol. The van der Waals surface area contributed by atoms with E-state index in [4.69, 9.17) is 11.6 Å². The summed E-state index contributed by atoms with van der Waals surface area (Å²) in [5.41, 5.74) is 6.61. The molecule has 2 heterocycles. The Morgan fingerprint density at radius 2 is 1.80 bits per heavy atom. The maximum Gasteiger partial charge on any atom is 0.250 e. The van der Waals surface area contributed by atoms with Crippen LogP contribution in [0.2, 0.25) is 5.02 Å². The molecule has 3 aromatic carbocycles. The largest absolute Gasteiger partial charge is 0.345 e.